The van der Waals surface area contributed by atoms with Gasteiger partial charge in [0.05, 0.1) is 0 Å². The topological polar surface area (TPSA) is 57.5 Å². The fourth-order valence-electron chi connectivity index (χ4n) is 0. The van der Waals surface area contributed by atoms with Gasteiger partial charge in [0, 0.05) is 19.5 Å². The fraction of sp³-hybridized carbons (Fsp3) is 0. The van der Waals surface area contributed by atoms with Gasteiger partial charge in [-0.2, -0.15) is 0 Å². The SMILES string of the molecule is F.O=[Si](O)O.[Zn]. The van der Waals surface area contributed by atoms with Gasteiger partial charge in [0.15, 0.2) is 0 Å². The molecular formula is H3FO3SiZn. The van der Waals surface area contributed by atoms with E-state index in [0.29, 0.717) is 0 Å². The van der Waals surface area contributed by atoms with Crippen molar-refractivity contribution in [3.05, 3.63) is 0 Å². The van der Waals surface area contributed by atoms with E-state index in [2.05, 4.69) is 0 Å². The Balaban J connectivity index is -0.0000000450. The summed E-state index contributed by atoms with van der Waals surface area (Å²) < 4.78 is 8.74. The molecule has 3 nitrogen and oxygen atoms in total. The molecular weight excluding hydrogens is 160 g/mol. The normalized spacial score (nSPS) is 4.00. The van der Waals surface area contributed by atoms with Gasteiger partial charge in [-0.05, 0) is 0 Å². The summed E-state index contributed by atoms with van der Waals surface area (Å²) in [7, 11) is -3.13. The number of hydrogen-bond donors (Lipinski definition) is 2. The average molecular weight is 163 g/mol. The third kappa shape index (κ3) is 1450. The molecule has 2 N–H and O–H groups in total. The zero-order valence-electron chi connectivity index (χ0n) is 2.92. The van der Waals surface area contributed by atoms with Crippen LogP contribution in [0.4, 0.5) is 4.70 Å². The molecule has 0 heterocycles. The van der Waals surface area contributed by atoms with E-state index in [9.17, 15) is 0 Å². The molecule has 6 heavy (non-hydrogen) atoms. The van der Waals surface area contributed by atoms with E-state index in [0.717, 1.165) is 0 Å². The van der Waals surface area contributed by atoms with Crippen LogP contribution in [0.5, 0.6) is 0 Å². The quantitative estimate of drug-likeness (QED) is 0.429. The molecule has 0 aromatic carbocycles. The third-order valence-corrected chi connectivity index (χ3v) is 0. The van der Waals surface area contributed by atoms with Crippen LogP contribution in [0.2, 0.25) is 0 Å². The van der Waals surface area contributed by atoms with Crippen molar-refractivity contribution in [2.45, 2.75) is 0 Å². The van der Waals surface area contributed by atoms with Crippen LogP contribution in [0, 0.1) is 0 Å². The van der Waals surface area contributed by atoms with Gasteiger partial charge in [-0.25, -0.2) is 0 Å². The van der Waals surface area contributed by atoms with E-state index in [4.69, 9.17) is 14.1 Å². The average Bonchev–Trinajstić information content (AvgIpc) is 0.811. The predicted molar refractivity (Wildman–Crippen MR) is 13.4 cm³/mol. The van der Waals surface area contributed by atoms with E-state index in [1.807, 2.05) is 0 Å². The summed E-state index contributed by atoms with van der Waals surface area (Å²) in [6.45, 7) is 0. The Morgan fingerprint density at radius 3 is 1.33 bits per heavy atom. The zero-order chi connectivity index (χ0) is 3.58. The predicted octanol–water partition coefficient (Wildman–Crippen LogP) is -1.46. The van der Waals surface area contributed by atoms with E-state index in [1.165, 1.54) is 0 Å². The maximum atomic E-state index is 8.74. The molecule has 0 spiro atoms. The molecule has 0 fully saturated rings. The largest absolute Gasteiger partial charge is 0.761 e. The van der Waals surface area contributed by atoms with Crippen LogP contribution >= 0.6 is 0 Å². The Kier molecular flexibility index (Phi) is 24.5. The van der Waals surface area contributed by atoms with Crippen molar-refractivity contribution in [3.63, 3.8) is 0 Å². The summed E-state index contributed by atoms with van der Waals surface area (Å²) in [6, 6.07) is 0. The Bertz CT molecular complexity index is 33.8. The molecule has 0 saturated carbocycles. The van der Waals surface area contributed by atoms with Crippen molar-refractivity contribution in [2.75, 3.05) is 0 Å². The molecule has 34 valence electrons. The fourth-order valence-corrected chi connectivity index (χ4v) is 0. The van der Waals surface area contributed by atoms with Crippen molar-refractivity contribution in [1.29, 1.82) is 0 Å². The van der Waals surface area contributed by atoms with Crippen LogP contribution in [0.15, 0.2) is 0 Å². The third-order valence-electron chi connectivity index (χ3n) is 0. The van der Waals surface area contributed by atoms with Crippen LogP contribution in [0.25, 0.3) is 0 Å². The molecule has 0 aliphatic carbocycles. The molecule has 0 rings (SSSR count). The summed E-state index contributed by atoms with van der Waals surface area (Å²) in [6.07, 6.45) is 0. The Morgan fingerprint density at radius 2 is 1.33 bits per heavy atom. The molecule has 0 aliphatic heterocycles. The first-order chi connectivity index (χ1) is 1.73. The second kappa shape index (κ2) is 8.95. The molecule has 6 heteroatoms. The van der Waals surface area contributed by atoms with E-state index in [-0.39, 0.29) is 24.2 Å². The molecule has 0 unspecified atom stereocenters. The van der Waals surface area contributed by atoms with Gasteiger partial charge in [-0.15, -0.1) is 0 Å². The standard InChI is InChI=1S/FH.H2O3Si.Zn/c;1-4(2)3;/h1H;1-2H;. The van der Waals surface area contributed by atoms with E-state index in [1.54, 1.807) is 0 Å². The first kappa shape index (κ1) is 16.4. The van der Waals surface area contributed by atoms with Gasteiger partial charge in [0.25, 0.3) is 0 Å². The van der Waals surface area contributed by atoms with Gasteiger partial charge in [0.1, 0.15) is 0 Å². The summed E-state index contributed by atoms with van der Waals surface area (Å²) in [4.78, 5) is 14.3. The smallest absolute Gasteiger partial charge is 0.511 e. The number of hydrogen-bond acceptors (Lipinski definition) is 1. The zero-order valence-corrected chi connectivity index (χ0v) is 6.89. The maximum Gasteiger partial charge on any atom is 0.761 e. The minimum Gasteiger partial charge on any atom is -0.511 e. The molecule has 0 saturated heterocycles. The van der Waals surface area contributed by atoms with Crippen LogP contribution in [-0.2, 0) is 23.9 Å². The second-order valence-electron chi connectivity index (χ2n) is 0.283. The molecule has 0 aliphatic rings. The molecule has 0 amide bonds. The summed E-state index contributed by atoms with van der Waals surface area (Å²) in [5, 5.41) is 0. The molecule has 0 aromatic heterocycles. The van der Waals surface area contributed by atoms with Crippen molar-refractivity contribution < 1.29 is 38.2 Å². The monoisotopic (exact) mass is 162 g/mol. The minimum atomic E-state index is -3.13. The summed E-state index contributed by atoms with van der Waals surface area (Å²) in [5.74, 6) is 0. The maximum absolute atomic E-state index is 8.74. The molecule has 0 aromatic rings. The molecule has 0 radical (unpaired) electrons. The first-order valence-corrected chi connectivity index (χ1v) is 1.95. The van der Waals surface area contributed by atoms with Gasteiger partial charge >= 0.3 is 9.17 Å². The van der Waals surface area contributed by atoms with E-state index >= 15 is 0 Å². The van der Waals surface area contributed by atoms with Crippen molar-refractivity contribution in [1.82, 2.24) is 0 Å². The van der Waals surface area contributed by atoms with Crippen molar-refractivity contribution in [2.24, 2.45) is 0 Å². The van der Waals surface area contributed by atoms with Gasteiger partial charge in [-0.1, -0.05) is 0 Å². The molecule has 0 atom stereocenters. The van der Waals surface area contributed by atoms with Crippen LogP contribution in [0.1, 0.15) is 0 Å². The Hall–Kier alpha value is 0.170. The van der Waals surface area contributed by atoms with Crippen LogP contribution in [-0.4, -0.2) is 18.8 Å². The second-order valence-corrected chi connectivity index (χ2v) is 0.848. The molecule has 0 bridgehead atoms. The Morgan fingerprint density at radius 1 is 1.33 bits per heavy atom. The van der Waals surface area contributed by atoms with Crippen molar-refractivity contribution >= 4 is 9.17 Å². The summed E-state index contributed by atoms with van der Waals surface area (Å²) >= 11 is 0. The van der Waals surface area contributed by atoms with Gasteiger partial charge in [-0.3, -0.25) is 9.17 Å². The summed E-state index contributed by atoms with van der Waals surface area (Å²) in [5.41, 5.74) is 0. The van der Waals surface area contributed by atoms with Crippen molar-refractivity contribution in [3.8, 4) is 0 Å². The van der Waals surface area contributed by atoms with Gasteiger partial charge in [0.2, 0.25) is 0 Å². The number of rotatable bonds is 0. The number of halogens is 1. The van der Waals surface area contributed by atoms with E-state index < -0.39 is 9.17 Å². The minimum absolute atomic E-state index is 0. The Labute approximate surface area is 48.0 Å². The van der Waals surface area contributed by atoms with Crippen LogP contribution in [0.3, 0.4) is 0 Å². The first-order valence-electron chi connectivity index (χ1n) is 0.651. The van der Waals surface area contributed by atoms with Crippen LogP contribution < -0.4 is 0 Å². The van der Waals surface area contributed by atoms with Gasteiger partial charge < -0.3 is 9.59 Å².